The van der Waals surface area contributed by atoms with Crippen LogP contribution >= 0.6 is 0 Å². The van der Waals surface area contributed by atoms with Crippen LogP contribution in [0, 0.1) is 13.8 Å². The molecule has 0 bridgehead atoms. The van der Waals surface area contributed by atoms with E-state index in [0.717, 1.165) is 18.3 Å². The topological polar surface area (TPSA) is 91.6 Å². The molecule has 0 saturated carbocycles. The van der Waals surface area contributed by atoms with Crippen LogP contribution in [-0.4, -0.2) is 38.8 Å². The first kappa shape index (κ1) is 16.2. The fourth-order valence-corrected chi connectivity index (χ4v) is 2.22. The maximum absolute atomic E-state index is 12.1. The van der Waals surface area contributed by atoms with Crippen molar-refractivity contribution >= 4 is 11.9 Å². The van der Waals surface area contributed by atoms with E-state index in [-0.39, 0.29) is 18.5 Å². The van der Waals surface area contributed by atoms with Crippen molar-refractivity contribution in [1.29, 1.82) is 0 Å². The standard InChI is InChI=1S/C14H22N2O4/c1-8(2)16-9(3)6-11(10(16)4)12(17)15-7-14(5,20)13(18)19/h6,8,20H,7H2,1-5H3,(H,15,17)(H,18,19). The lowest BCUT2D eigenvalue weighted by molar-refractivity contribution is -0.155. The van der Waals surface area contributed by atoms with Gasteiger partial charge >= 0.3 is 5.97 Å². The fraction of sp³-hybridized carbons (Fsp3) is 0.571. The molecule has 6 heteroatoms. The highest BCUT2D eigenvalue weighted by Crippen LogP contribution is 2.20. The summed E-state index contributed by atoms with van der Waals surface area (Å²) < 4.78 is 2.03. The molecule has 1 amide bonds. The average Bonchev–Trinajstić information content (AvgIpc) is 2.61. The summed E-state index contributed by atoms with van der Waals surface area (Å²) in [5, 5.41) is 20.8. The van der Waals surface area contributed by atoms with Gasteiger partial charge in [-0.15, -0.1) is 0 Å². The Bertz CT molecular complexity index is 530. The van der Waals surface area contributed by atoms with Crippen molar-refractivity contribution in [1.82, 2.24) is 9.88 Å². The van der Waals surface area contributed by atoms with Gasteiger partial charge < -0.3 is 20.1 Å². The third-order valence-corrected chi connectivity index (χ3v) is 3.30. The largest absolute Gasteiger partial charge is 0.479 e. The Morgan fingerprint density at radius 3 is 2.35 bits per heavy atom. The Kier molecular flexibility index (Phi) is 4.60. The number of aliphatic hydroxyl groups is 1. The highest BCUT2D eigenvalue weighted by molar-refractivity contribution is 5.96. The van der Waals surface area contributed by atoms with E-state index in [9.17, 15) is 14.7 Å². The Labute approximate surface area is 118 Å². The van der Waals surface area contributed by atoms with E-state index in [1.165, 1.54) is 0 Å². The highest BCUT2D eigenvalue weighted by atomic mass is 16.4. The number of nitrogens with zero attached hydrogens (tertiary/aromatic N) is 1. The monoisotopic (exact) mass is 282 g/mol. The zero-order chi connectivity index (χ0) is 15.7. The van der Waals surface area contributed by atoms with Crippen LogP contribution in [0.4, 0.5) is 0 Å². The lowest BCUT2D eigenvalue weighted by Crippen LogP contribution is -2.46. The maximum Gasteiger partial charge on any atom is 0.337 e. The number of hydrogen-bond acceptors (Lipinski definition) is 3. The molecule has 1 atom stereocenters. The quantitative estimate of drug-likeness (QED) is 0.758. The van der Waals surface area contributed by atoms with Gasteiger partial charge in [0, 0.05) is 17.4 Å². The molecule has 1 aromatic rings. The predicted molar refractivity (Wildman–Crippen MR) is 74.9 cm³/mol. The van der Waals surface area contributed by atoms with Gasteiger partial charge in [0.1, 0.15) is 0 Å². The molecule has 1 rings (SSSR count). The lowest BCUT2D eigenvalue weighted by atomic mass is 10.1. The van der Waals surface area contributed by atoms with Crippen molar-refractivity contribution in [3.63, 3.8) is 0 Å². The molecule has 0 radical (unpaired) electrons. The summed E-state index contributed by atoms with van der Waals surface area (Å²) in [6.07, 6.45) is 0. The van der Waals surface area contributed by atoms with E-state index >= 15 is 0 Å². The van der Waals surface area contributed by atoms with Gasteiger partial charge in [0.15, 0.2) is 5.60 Å². The van der Waals surface area contributed by atoms with Gasteiger partial charge in [-0.05, 0) is 40.7 Å². The van der Waals surface area contributed by atoms with Gasteiger partial charge in [-0.1, -0.05) is 0 Å². The number of hydrogen-bond donors (Lipinski definition) is 3. The van der Waals surface area contributed by atoms with Gasteiger partial charge in [0.25, 0.3) is 5.91 Å². The molecule has 0 spiro atoms. The number of nitrogens with one attached hydrogen (secondary N) is 1. The molecule has 1 aromatic heterocycles. The summed E-state index contributed by atoms with van der Waals surface area (Å²) >= 11 is 0. The molecule has 0 aliphatic rings. The van der Waals surface area contributed by atoms with Gasteiger partial charge in [0.05, 0.1) is 12.1 Å². The highest BCUT2D eigenvalue weighted by Gasteiger charge is 2.30. The fourth-order valence-electron chi connectivity index (χ4n) is 2.22. The van der Waals surface area contributed by atoms with Crippen molar-refractivity contribution in [2.45, 2.75) is 46.3 Å². The summed E-state index contributed by atoms with van der Waals surface area (Å²) in [7, 11) is 0. The molecular formula is C14H22N2O4. The van der Waals surface area contributed by atoms with Crippen LogP contribution in [0.1, 0.15) is 48.6 Å². The second-order valence-corrected chi connectivity index (χ2v) is 5.51. The van der Waals surface area contributed by atoms with Crippen LogP contribution in [0.25, 0.3) is 0 Å². The maximum atomic E-state index is 12.1. The zero-order valence-corrected chi connectivity index (χ0v) is 12.5. The first-order valence-corrected chi connectivity index (χ1v) is 6.50. The summed E-state index contributed by atoms with van der Waals surface area (Å²) in [6, 6.07) is 2.00. The molecule has 3 N–H and O–H groups in total. The molecule has 20 heavy (non-hydrogen) atoms. The second-order valence-electron chi connectivity index (χ2n) is 5.51. The lowest BCUT2D eigenvalue weighted by Gasteiger charge is -2.18. The smallest absolute Gasteiger partial charge is 0.337 e. The number of carboxylic acids is 1. The first-order chi connectivity index (χ1) is 9.08. The van der Waals surface area contributed by atoms with Crippen molar-refractivity contribution in [3.8, 4) is 0 Å². The van der Waals surface area contributed by atoms with Crippen LogP contribution in [0.15, 0.2) is 6.07 Å². The van der Waals surface area contributed by atoms with Crippen LogP contribution in [0.2, 0.25) is 0 Å². The van der Waals surface area contributed by atoms with E-state index < -0.39 is 11.6 Å². The molecule has 1 heterocycles. The summed E-state index contributed by atoms with van der Waals surface area (Å²) in [5.41, 5.74) is 0.314. The minimum absolute atomic E-state index is 0.235. The van der Waals surface area contributed by atoms with Gasteiger partial charge in [-0.25, -0.2) is 4.79 Å². The van der Waals surface area contributed by atoms with E-state index in [1.807, 2.05) is 32.3 Å². The Hall–Kier alpha value is -1.82. The van der Waals surface area contributed by atoms with E-state index in [4.69, 9.17) is 5.11 Å². The van der Waals surface area contributed by atoms with E-state index in [1.54, 1.807) is 6.07 Å². The number of aryl methyl sites for hydroxylation is 1. The molecule has 0 saturated heterocycles. The average molecular weight is 282 g/mol. The molecule has 112 valence electrons. The van der Waals surface area contributed by atoms with E-state index in [2.05, 4.69) is 5.32 Å². The summed E-state index contributed by atoms with van der Waals surface area (Å²) in [6.45, 7) is 8.61. The SMILES string of the molecule is Cc1cc(C(=O)NCC(C)(O)C(=O)O)c(C)n1C(C)C. The number of carbonyl (C=O) groups is 2. The minimum Gasteiger partial charge on any atom is -0.479 e. The molecule has 0 aromatic carbocycles. The number of aromatic nitrogens is 1. The number of rotatable bonds is 5. The van der Waals surface area contributed by atoms with Crippen LogP contribution < -0.4 is 5.32 Å². The summed E-state index contributed by atoms with van der Waals surface area (Å²) in [4.78, 5) is 22.9. The van der Waals surface area contributed by atoms with Crippen molar-refractivity contribution in [2.75, 3.05) is 6.54 Å². The molecule has 1 unspecified atom stereocenters. The number of carboxylic acid groups (broad SMARTS) is 1. The zero-order valence-electron chi connectivity index (χ0n) is 12.5. The first-order valence-electron chi connectivity index (χ1n) is 6.50. The van der Waals surface area contributed by atoms with Crippen molar-refractivity contribution in [3.05, 3.63) is 23.0 Å². The molecule has 6 nitrogen and oxygen atoms in total. The molecule has 0 aliphatic carbocycles. The van der Waals surface area contributed by atoms with Crippen molar-refractivity contribution < 1.29 is 19.8 Å². The molecular weight excluding hydrogens is 260 g/mol. The van der Waals surface area contributed by atoms with Gasteiger partial charge in [-0.3, -0.25) is 4.79 Å². The Balaban J connectivity index is 2.90. The summed E-state index contributed by atoms with van der Waals surface area (Å²) in [5.74, 6) is -1.75. The van der Waals surface area contributed by atoms with E-state index in [0.29, 0.717) is 5.56 Å². The van der Waals surface area contributed by atoms with Crippen LogP contribution in [0.5, 0.6) is 0 Å². The molecule has 0 aliphatic heterocycles. The third-order valence-electron chi connectivity index (χ3n) is 3.30. The molecule has 0 fully saturated rings. The van der Waals surface area contributed by atoms with Gasteiger partial charge in [-0.2, -0.15) is 0 Å². The Morgan fingerprint density at radius 2 is 1.95 bits per heavy atom. The number of amides is 1. The van der Waals surface area contributed by atoms with Gasteiger partial charge in [0.2, 0.25) is 0 Å². The number of aliphatic carboxylic acids is 1. The minimum atomic E-state index is -1.97. The normalized spacial score (nSPS) is 14.2. The predicted octanol–water partition coefficient (Wildman–Crippen LogP) is 1.25. The number of carbonyl (C=O) groups excluding carboxylic acids is 1. The van der Waals surface area contributed by atoms with Crippen molar-refractivity contribution in [2.24, 2.45) is 0 Å². The Morgan fingerprint density at radius 1 is 1.40 bits per heavy atom. The second kappa shape index (κ2) is 5.66. The van der Waals surface area contributed by atoms with Crippen LogP contribution in [-0.2, 0) is 4.79 Å². The third kappa shape index (κ3) is 3.19. The van der Waals surface area contributed by atoms with Crippen LogP contribution in [0.3, 0.4) is 0 Å².